The van der Waals surface area contributed by atoms with Gasteiger partial charge in [0.05, 0.1) is 17.7 Å². The average Bonchev–Trinajstić information content (AvgIpc) is 3.20. The maximum Gasteiger partial charge on any atom is 0.277 e. The third-order valence-electron chi connectivity index (χ3n) is 6.22. The molecule has 3 unspecified atom stereocenters. The molecule has 178 valence electrons. The fraction of sp³-hybridized carbons (Fsp3) is 0.346. The number of amides is 2. The zero-order chi connectivity index (χ0) is 24.2. The number of halogens is 2. The minimum atomic E-state index is -0.331. The van der Waals surface area contributed by atoms with Gasteiger partial charge in [0.2, 0.25) is 5.91 Å². The molecule has 3 aliphatic rings. The van der Waals surface area contributed by atoms with E-state index in [-0.39, 0.29) is 36.3 Å². The van der Waals surface area contributed by atoms with Gasteiger partial charge in [-0.25, -0.2) is 5.43 Å². The fourth-order valence-electron chi connectivity index (χ4n) is 4.32. The molecule has 0 spiro atoms. The zero-order valence-corrected chi connectivity index (χ0v) is 21.4. The smallest absolute Gasteiger partial charge is 0.277 e. The summed E-state index contributed by atoms with van der Waals surface area (Å²) < 4.78 is 6.54. The Morgan fingerprint density at radius 3 is 2.82 bits per heavy atom. The van der Waals surface area contributed by atoms with Crippen LogP contribution >= 0.6 is 27.5 Å². The van der Waals surface area contributed by atoms with Gasteiger partial charge in [0, 0.05) is 9.51 Å². The summed E-state index contributed by atoms with van der Waals surface area (Å²) in [4.78, 5) is 25.1. The number of nitrogens with one attached hydrogen (secondary N) is 2. The molecule has 0 fully saturated rings. The van der Waals surface area contributed by atoms with E-state index in [9.17, 15) is 9.59 Å². The molecule has 0 bridgehead atoms. The van der Waals surface area contributed by atoms with Crippen LogP contribution in [-0.2, 0) is 9.59 Å². The number of ether oxygens (including phenoxy) is 1. The Labute approximate surface area is 213 Å². The number of allylic oxidation sites excluding steroid dienone is 5. The molecule has 0 saturated carbocycles. The highest BCUT2D eigenvalue weighted by Gasteiger charge is 2.29. The Morgan fingerprint density at radius 2 is 2.06 bits per heavy atom. The fourth-order valence-corrected chi connectivity index (χ4v) is 5.01. The van der Waals surface area contributed by atoms with Gasteiger partial charge in [-0.2, -0.15) is 5.10 Å². The van der Waals surface area contributed by atoms with Gasteiger partial charge in [-0.15, -0.1) is 0 Å². The van der Waals surface area contributed by atoms with E-state index in [1.165, 1.54) is 5.57 Å². The molecular weight excluding hydrogens is 518 g/mol. The van der Waals surface area contributed by atoms with Gasteiger partial charge in [-0.1, -0.05) is 64.8 Å². The third kappa shape index (κ3) is 5.88. The average molecular weight is 545 g/mol. The molecule has 3 atom stereocenters. The largest absolute Gasteiger partial charge is 0.484 e. The summed E-state index contributed by atoms with van der Waals surface area (Å²) in [6.07, 6.45) is 12.3. The Hall–Kier alpha value is -2.64. The van der Waals surface area contributed by atoms with E-state index in [1.54, 1.807) is 18.2 Å². The molecular formula is C26H27BrClN3O3. The number of rotatable bonds is 6. The second kappa shape index (κ2) is 10.7. The highest BCUT2D eigenvalue weighted by Crippen LogP contribution is 2.32. The molecule has 2 amide bonds. The van der Waals surface area contributed by atoms with Crippen LogP contribution in [0.25, 0.3) is 0 Å². The van der Waals surface area contributed by atoms with Gasteiger partial charge in [-0.3, -0.25) is 9.59 Å². The third-order valence-corrected chi connectivity index (χ3v) is 7.17. The first-order valence-corrected chi connectivity index (χ1v) is 12.5. The first kappa shape index (κ1) is 24.5. The summed E-state index contributed by atoms with van der Waals surface area (Å²) in [6, 6.07) is 5.15. The minimum Gasteiger partial charge on any atom is -0.484 e. The van der Waals surface area contributed by atoms with Crippen molar-refractivity contribution < 1.29 is 14.3 Å². The first-order chi connectivity index (χ1) is 16.3. The Balaban J connectivity index is 1.31. The molecule has 8 heteroatoms. The zero-order valence-electron chi connectivity index (χ0n) is 19.1. The van der Waals surface area contributed by atoms with Crippen LogP contribution in [0.2, 0.25) is 5.02 Å². The molecule has 1 aromatic rings. The Kier molecular flexibility index (Phi) is 7.73. The lowest BCUT2D eigenvalue weighted by Crippen LogP contribution is -2.40. The summed E-state index contributed by atoms with van der Waals surface area (Å²) in [5.74, 6) is 0.197. The quantitative estimate of drug-likeness (QED) is 0.487. The maximum absolute atomic E-state index is 12.8. The van der Waals surface area contributed by atoms with Crippen molar-refractivity contribution in [3.8, 4) is 5.75 Å². The van der Waals surface area contributed by atoms with Crippen molar-refractivity contribution in [2.45, 2.75) is 39.2 Å². The van der Waals surface area contributed by atoms with Crippen molar-refractivity contribution in [3.63, 3.8) is 0 Å². The van der Waals surface area contributed by atoms with Gasteiger partial charge in [-0.05, 0) is 67.0 Å². The van der Waals surface area contributed by atoms with E-state index in [0.29, 0.717) is 17.2 Å². The topological polar surface area (TPSA) is 79.8 Å². The summed E-state index contributed by atoms with van der Waals surface area (Å²) in [7, 11) is 0. The van der Waals surface area contributed by atoms with Crippen molar-refractivity contribution in [1.82, 2.24) is 10.7 Å². The summed E-state index contributed by atoms with van der Waals surface area (Å²) >= 11 is 9.48. The van der Waals surface area contributed by atoms with E-state index in [1.807, 2.05) is 38.2 Å². The van der Waals surface area contributed by atoms with Gasteiger partial charge < -0.3 is 10.1 Å². The lowest BCUT2D eigenvalue weighted by molar-refractivity contribution is -0.125. The highest BCUT2D eigenvalue weighted by molar-refractivity contribution is 9.11. The van der Waals surface area contributed by atoms with Gasteiger partial charge in [0.1, 0.15) is 5.75 Å². The van der Waals surface area contributed by atoms with Gasteiger partial charge in [0.25, 0.3) is 5.91 Å². The van der Waals surface area contributed by atoms with E-state index in [2.05, 4.69) is 37.8 Å². The number of aryl methyl sites for hydroxylation is 1. The van der Waals surface area contributed by atoms with Crippen molar-refractivity contribution in [2.24, 2.45) is 16.9 Å². The van der Waals surface area contributed by atoms with Gasteiger partial charge >= 0.3 is 0 Å². The molecule has 0 heterocycles. The van der Waals surface area contributed by atoms with Crippen LogP contribution in [0.1, 0.15) is 31.7 Å². The molecule has 6 nitrogen and oxygen atoms in total. The normalized spacial score (nSPS) is 24.6. The number of carbonyl (C=O) groups is 2. The predicted octanol–water partition coefficient (Wildman–Crippen LogP) is 5.14. The van der Waals surface area contributed by atoms with Crippen molar-refractivity contribution >= 4 is 45.1 Å². The monoisotopic (exact) mass is 543 g/mol. The number of hydrazone groups is 1. The maximum atomic E-state index is 12.8. The number of benzene rings is 1. The van der Waals surface area contributed by atoms with Crippen molar-refractivity contribution in [2.75, 3.05) is 6.61 Å². The minimum absolute atomic E-state index is 0.0121. The number of hydrogen-bond donors (Lipinski definition) is 2. The second-order valence-electron chi connectivity index (χ2n) is 8.77. The van der Waals surface area contributed by atoms with Crippen LogP contribution < -0.4 is 15.5 Å². The Bertz CT molecular complexity index is 1150. The molecule has 0 aromatic heterocycles. The standard InChI is InChI=1S/C26H27BrClN3O3/c1-15-11-18(27)5-8-21(15)26(33)29-19-6-3-17-4-10-24(22(17)13-19)30-31-25(32)14-34-20-7-9-23(28)16(2)12-20/h3,5-9,11-12,15,19,21H,4,10,13-14H2,1-2H3,(H,29,33)(H,31,32)/b30-24+. The van der Waals surface area contributed by atoms with Crippen molar-refractivity contribution in [1.29, 1.82) is 0 Å². The first-order valence-electron chi connectivity index (χ1n) is 11.3. The van der Waals surface area contributed by atoms with E-state index < -0.39 is 0 Å². The highest BCUT2D eigenvalue weighted by atomic mass is 79.9. The Morgan fingerprint density at radius 1 is 1.24 bits per heavy atom. The summed E-state index contributed by atoms with van der Waals surface area (Å²) in [5.41, 5.74) is 6.65. The van der Waals surface area contributed by atoms with Crippen LogP contribution in [0, 0.1) is 18.8 Å². The van der Waals surface area contributed by atoms with E-state index in [0.717, 1.165) is 34.2 Å². The predicted molar refractivity (Wildman–Crippen MR) is 138 cm³/mol. The summed E-state index contributed by atoms with van der Waals surface area (Å²) in [6.45, 7) is 3.78. The van der Waals surface area contributed by atoms with Gasteiger partial charge in [0.15, 0.2) is 6.61 Å². The number of hydrogen-bond acceptors (Lipinski definition) is 4. The number of nitrogens with zero attached hydrogens (tertiary/aromatic N) is 1. The van der Waals surface area contributed by atoms with Crippen LogP contribution in [0.3, 0.4) is 0 Å². The lowest BCUT2D eigenvalue weighted by atomic mass is 9.88. The molecule has 0 radical (unpaired) electrons. The molecule has 0 saturated heterocycles. The molecule has 34 heavy (non-hydrogen) atoms. The molecule has 3 aliphatic carbocycles. The molecule has 4 rings (SSSR count). The second-order valence-corrected chi connectivity index (χ2v) is 10.1. The molecule has 2 N–H and O–H groups in total. The number of carbonyl (C=O) groups excluding carboxylic acids is 2. The van der Waals surface area contributed by atoms with E-state index in [4.69, 9.17) is 16.3 Å². The van der Waals surface area contributed by atoms with E-state index >= 15 is 0 Å². The van der Waals surface area contributed by atoms with Crippen LogP contribution in [-0.4, -0.2) is 30.2 Å². The van der Waals surface area contributed by atoms with Crippen LogP contribution in [0.4, 0.5) is 0 Å². The molecule has 1 aromatic carbocycles. The van der Waals surface area contributed by atoms with Crippen LogP contribution in [0.15, 0.2) is 69.3 Å². The SMILES string of the molecule is Cc1cc(OCC(=O)N/N=C2\CCC3=C2CC(NC(=O)C2C=CC(Br)=CC2C)C=C3)ccc1Cl. The molecule has 0 aliphatic heterocycles. The summed E-state index contributed by atoms with van der Waals surface area (Å²) in [5, 5.41) is 8.17. The van der Waals surface area contributed by atoms with Crippen LogP contribution in [0.5, 0.6) is 5.75 Å². The van der Waals surface area contributed by atoms with Crippen molar-refractivity contribution in [3.05, 3.63) is 74.8 Å². The lowest BCUT2D eigenvalue weighted by Gasteiger charge is -2.25.